The molecule has 0 aliphatic heterocycles. The molecular formula is C15H29I2N4O6-. The zero-order valence-corrected chi connectivity index (χ0v) is 19.8. The van der Waals surface area contributed by atoms with Crippen molar-refractivity contribution >= 4 is 40.8 Å². The Morgan fingerprint density at radius 2 is 1.33 bits per heavy atom. The van der Waals surface area contributed by atoms with E-state index in [1.54, 1.807) is 9.80 Å². The van der Waals surface area contributed by atoms with Crippen molar-refractivity contribution in [3.8, 4) is 0 Å². The van der Waals surface area contributed by atoms with Crippen LogP contribution >= 0.6 is 22.9 Å². The molecule has 27 heavy (non-hydrogen) atoms. The molecule has 0 spiro atoms. The normalized spacial score (nSPS) is 11.6. The third-order valence-corrected chi connectivity index (χ3v) is 7.27. The second kappa shape index (κ2) is 16.6. The molecule has 0 amide bonds. The number of carboxylic acids is 3. The van der Waals surface area contributed by atoms with Crippen molar-refractivity contribution in [1.29, 1.82) is 0 Å². The Morgan fingerprint density at radius 1 is 0.852 bits per heavy atom. The number of nitrogens with one attached hydrogen (secondary N) is 1. The summed E-state index contributed by atoms with van der Waals surface area (Å²) in [6, 6.07) is 0. The van der Waals surface area contributed by atoms with Gasteiger partial charge in [-0.3, -0.25) is 0 Å². The molecule has 160 valence electrons. The predicted octanol–water partition coefficient (Wildman–Crippen LogP) is -3.50. The van der Waals surface area contributed by atoms with Gasteiger partial charge in [0.05, 0.1) is 0 Å². The van der Waals surface area contributed by atoms with Crippen molar-refractivity contribution in [3.63, 3.8) is 0 Å². The van der Waals surface area contributed by atoms with E-state index >= 15 is 0 Å². The summed E-state index contributed by atoms with van der Waals surface area (Å²) in [7, 11) is 0. The SMILES string of the molecule is CCC[I-]N(CCN(CCN(CCNI)CC(=O)O)CC(=O)O)CC(=O)O. The Hall–Kier alpha value is -0.290. The quantitative estimate of drug-likeness (QED) is 0.0700. The van der Waals surface area contributed by atoms with E-state index < -0.39 is 17.9 Å². The fraction of sp³-hybridized carbons (Fsp3) is 0.800. The molecule has 10 nitrogen and oxygen atoms in total. The van der Waals surface area contributed by atoms with Gasteiger partial charge in [-0.2, -0.15) is 0 Å². The van der Waals surface area contributed by atoms with E-state index in [4.69, 9.17) is 15.3 Å². The van der Waals surface area contributed by atoms with Gasteiger partial charge in [-0.05, 0) is 0 Å². The molecule has 0 aromatic carbocycles. The van der Waals surface area contributed by atoms with Gasteiger partial charge >= 0.3 is 185 Å². The van der Waals surface area contributed by atoms with Gasteiger partial charge in [-0.1, -0.05) is 0 Å². The van der Waals surface area contributed by atoms with Crippen molar-refractivity contribution in [1.82, 2.24) is 16.4 Å². The number of rotatable bonds is 18. The summed E-state index contributed by atoms with van der Waals surface area (Å²) < 4.78 is 5.84. The van der Waals surface area contributed by atoms with Gasteiger partial charge in [0.25, 0.3) is 0 Å². The number of carbonyl (C=O) groups is 3. The van der Waals surface area contributed by atoms with E-state index in [0.29, 0.717) is 39.3 Å². The molecule has 0 aliphatic rings. The molecule has 0 fully saturated rings. The summed E-state index contributed by atoms with van der Waals surface area (Å²) in [5.74, 6) is -2.76. The minimum atomic E-state index is -0.957. The van der Waals surface area contributed by atoms with Crippen molar-refractivity contribution in [2.45, 2.75) is 13.3 Å². The molecule has 0 radical (unpaired) electrons. The molecule has 0 atom stereocenters. The summed E-state index contributed by atoms with van der Waals surface area (Å²) >= 11 is 1.60. The van der Waals surface area contributed by atoms with Gasteiger partial charge in [-0.25, -0.2) is 0 Å². The van der Waals surface area contributed by atoms with Gasteiger partial charge in [0.2, 0.25) is 0 Å². The van der Waals surface area contributed by atoms with Crippen molar-refractivity contribution in [2.75, 3.05) is 63.3 Å². The second-order valence-electron chi connectivity index (χ2n) is 5.77. The van der Waals surface area contributed by atoms with Crippen LogP contribution in [0.5, 0.6) is 0 Å². The molecule has 4 N–H and O–H groups in total. The minimum absolute atomic E-state index is 0.0271. The molecule has 0 aliphatic carbocycles. The average molecular weight is 615 g/mol. The van der Waals surface area contributed by atoms with E-state index in [9.17, 15) is 14.4 Å². The Bertz CT molecular complexity index is 426. The molecular weight excluding hydrogens is 586 g/mol. The third-order valence-electron chi connectivity index (χ3n) is 3.38. The van der Waals surface area contributed by atoms with Crippen molar-refractivity contribution in [3.05, 3.63) is 0 Å². The van der Waals surface area contributed by atoms with E-state index in [2.05, 4.69) is 10.5 Å². The topological polar surface area (TPSA) is 134 Å². The van der Waals surface area contributed by atoms with Crippen LogP contribution in [0.3, 0.4) is 0 Å². The monoisotopic (exact) mass is 615 g/mol. The number of nitrogens with zero attached hydrogens (tertiary/aromatic N) is 3. The maximum atomic E-state index is 11.1. The fourth-order valence-corrected chi connectivity index (χ4v) is 4.68. The van der Waals surface area contributed by atoms with Crippen LogP contribution < -0.4 is 25.0 Å². The van der Waals surface area contributed by atoms with E-state index in [1.165, 1.54) is 0 Å². The molecule has 0 saturated heterocycles. The van der Waals surface area contributed by atoms with E-state index in [-0.39, 0.29) is 41.1 Å². The van der Waals surface area contributed by atoms with Crippen molar-refractivity contribution < 1.29 is 51.2 Å². The summed E-state index contributed by atoms with van der Waals surface area (Å²) in [6.07, 6.45) is 0.997. The third kappa shape index (κ3) is 16.4. The van der Waals surface area contributed by atoms with Gasteiger partial charge in [0.1, 0.15) is 0 Å². The summed E-state index contributed by atoms with van der Waals surface area (Å²) in [5.41, 5.74) is 0. The van der Waals surface area contributed by atoms with E-state index in [1.807, 2.05) is 26.0 Å². The molecule has 0 rings (SSSR count). The van der Waals surface area contributed by atoms with Crippen LogP contribution in [-0.4, -0.2) is 109 Å². The first-order valence-electron chi connectivity index (χ1n) is 8.56. The van der Waals surface area contributed by atoms with Crippen LogP contribution in [0.2, 0.25) is 0 Å². The van der Waals surface area contributed by atoms with Crippen LogP contribution in [0, 0.1) is 0 Å². The van der Waals surface area contributed by atoms with Crippen molar-refractivity contribution in [2.24, 2.45) is 0 Å². The van der Waals surface area contributed by atoms with Gasteiger partial charge in [0.15, 0.2) is 0 Å². The predicted molar refractivity (Wildman–Crippen MR) is 105 cm³/mol. The van der Waals surface area contributed by atoms with Crippen LogP contribution in [-0.2, 0) is 14.4 Å². The number of carboxylic acid groups (broad SMARTS) is 3. The fourth-order valence-electron chi connectivity index (χ4n) is 2.19. The first-order valence-corrected chi connectivity index (χ1v) is 12.1. The molecule has 12 heteroatoms. The molecule has 0 bridgehead atoms. The number of aliphatic carboxylic acids is 3. The summed E-state index contributed by atoms with van der Waals surface area (Å²) in [5, 5.41) is 27.2. The first kappa shape index (κ1) is 26.7. The molecule has 0 saturated carbocycles. The van der Waals surface area contributed by atoms with E-state index in [0.717, 1.165) is 10.8 Å². The first-order chi connectivity index (χ1) is 12.8. The van der Waals surface area contributed by atoms with Crippen LogP contribution in [0.15, 0.2) is 0 Å². The van der Waals surface area contributed by atoms with Gasteiger partial charge in [-0.15, -0.1) is 0 Å². The van der Waals surface area contributed by atoms with Crippen LogP contribution in [0.1, 0.15) is 13.3 Å². The maximum absolute atomic E-state index is 11.1. The molecule has 0 aromatic heterocycles. The second-order valence-corrected chi connectivity index (χ2v) is 9.66. The Kier molecular flexibility index (Phi) is 16.5. The number of alkyl halides is 1. The zero-order chi connectivity index (χ0) is 20.7. The summed E-state index contributed by atoms with van der Waals surface area (Å²) in [4.78, 5) is 36.6. The zero-order valence-electron chi connectivity index (χ0n) is 15.4. The number of hydrogen-bond acceptors (Lipinski definition) is 7. The van der Waals surface area contributed by atoms with Crippen LogP contribution in [0.25, 0.3) is 0 Å². The van der Waals surface area contributed by atoms with Crippen LogP contribution in [0.4, 0.5) is 0 Å². The molecule has 0 heterocycles. The number of halogens is 2. The summed E-state index contributed by atoms with van der Waals surface area (Å²) in [6.45, 7) is 4.72. The Balaban J connectivity index is 4.70. The Morgan fingerprint density at radius 3 is 1.78 bits per heavy atom. The Labute approximate surface area is 184 Å². The standard InChI is InChI=1S/C15H29I2N4O6/c1-2-3-17-21(12-15(26)27)9-8-20(11-14(24)25)7-6-19(5-4-18-16)10-13(22)23/h18H,2-12H2,1H3,(H,22,23)(H,24,25)(H,26,27)/q-1. The van der Waals surface area contributed by atoms with Gasteiger partial charge in [0, 0.05) is 0 Å². The molecule has 0 unspecified atom stereocenters. The molecule has 0 aromatic rings. The average Bonchev–Trinajstić information content (AvgIpc) is 2.57. The number of hydrogen-bond donors (Lipinski definition) is 4. The van der Waals surface area contributed by atoms with Gasteiger partial charge < -0.3 is 0 Å².